The maximum absolute atomic E-state index is 13.0. The molecule has 1 aromatic heterocycles. The standard InChI is InChI=1S/C21H33N3O2S.ClH/c1-20(2,3)19(26)23-9-4-5-18(25)24(14-16-6-12-27-15-16)17-13-21(17)7-10-22-11-8-21;/h6,12,15,17,22H,4-5,7-11,13-14H2,1-3H3,(H,23,26);1H. The van der Waals surface area contributed by atoms with Crippen molar-refractivity contribution in [3.8, 4) is 0 Å². The number of hydrogen-bond acceptors (Lipinski definition) is 4. The lowest BCUT2D eigenvalue weighted by Crippen LogP contribution is -2.39. The molecule has 1 aromatic rings. The zero-order valence-electron chi connectivity index (χ0n) is 17.3. The smallest absolute Gasteiger partial charge is 0.225 e. The lowest BCUT2D eigenvalue weighted by Gasteiger charge is -2.29. The number of amides is 2. The van der Waals surface area contributed by atoms with E-state index in [-0.39, 0.29) is 29.6 Å². The summed E-state index contributed by atoms with van der Waals surface area (Å²) in [6, 6.07) is 2.50. The number of hydrogen-bond donors (Lipinski definition) is 2. The number of rotatable bonds is 7. The average molecular weight is 428 g/mol. The van der Waals surface area contributed by atoms with Crippen LogP contribution >= 0.6 is 23.7 Å². The molecule has 1 aliphatic heterocycles. The van der Waals surface area contributed by atoms with E-state index in [2.05, 4.69) is 32.4 Å². The number of carbonyl (C=O) groups excluding carboxylic acids is 2. The normalized spacial score (nSPS) is 20.3. The predicted octanol–water partition coefficient (Wildman–Crippen LogP) is 3.58. The topological polar surface area (TPSA) is 61.4 Å². The summed E-state index contributed by atoms with van der Waals surface area (Å²) < 4.78 is 0. The fraction of sp³-hybridized carbons (Fsp3) is 0.714. The van der Waals surface area contributed by atoms with Gasteiger partial charge in [-0.3, -0.25) is 9.59 Å². The van der Waals surface area contributed by atoms with Gasteiger partial charge in [-0.15, -0.1) is 12.4 Å². The summed E-state index contributed by atoms with van der Waals surface area (Å²) in [4.78, 5) is 27.1. The van der Waals surface area contributed by atoms with E-state index in [1.54, 1.807) is 11.3 Å². The molecular formula is C21H34ClN3O2S. The Morgan fingerprint density at radius 3 is 2.64 bits per heavy atom. The van der Waals surface area contributed by atoms with Crippen molar-refractivity contribution >= 4 is 35.6 Å². The first-order valence-corrected chi connectivity index (χ1v) is 11.1. The van der Waals surface area contributed by atoms with E-state index in [0.717, 1.165) is 26.1 Å². The third-order valence-electron chi connectivity index (χ3n) is 5.91. The van der Waals surface area contributed by atoms with Gasteiger partial charge in [0.15, 0.2) is 0 Å². The Labute approximate surface area is 179 Å². The first kappa shape index (κ1) is 23.2. The zero-order chi connectivity index (χ0) is 19.5. The van der Waals surface area contributed by atoms with Crippen molar-refractivity contribution in [1.29, 1.82) is 0 Å². The first-order valence-electron chi connectivity index (χ1n) is 10.1. The molecular weight excluding hydrogens is 394 g/mol. The van der Waals surface area contributed by atoms with Gasteiger partial charge in [-0.05, 0) is 66.6 Å². The van der Waals surface area contributed by atoms with Crippen LogP contribution in [0, 0.1) is 10.8 Å². The van der Waals surface area contributed by atoms with Crippen LogP contribution in [0.5, 0.6) is 0 Å². The molecule has 1 atom stereocenters. The molecule has 5 nitrogen and oxygen atoms in total. The van der Waals surface area contributed by atoms with Crippen LogP contribution in [0.3, 0.4) is 0 Å². The largest absolute Gasteiger partial charge is 0.356 e. The molecule has 7 heteroatoms. The Kier molecular flexibility index (Phi) is 7.94. The monoisotopic (exact) mass is 427 g/mol. The number of carbonyl (C=O) groups is 2. The second-order valence-electron chi connectivity index (χ2n) is 9.09. The van der Waals surface area contributed by atoms with Crippen LogP contribution in [0.2, 0.25) is 0 Å². The van der Waals surface area contributed by atoms with Crippen molar-refractivity contribution in [2.45, 2.75) is 65.5 Å². The van der Waals surface area contributed by atoms with E-state index >= 15 is 0 Å². The molecule has 1 aliphatic carbocycles. The zero-order valence-corrected chi connectivity index (χ0v) is 18.9. The van der Waals surface area contributed by atoms with Crippen LogP contribution in [0.1, 0.15) is 58.4 Å². The summed E-state index contributed by atoms with van der Waals surface area (Å²) in [5, 5.41) is 10.6. The minimum atomic E-state index is -0.385. The van der Waals surface area contributed by atoms with Gasteiger partial charge in [0.05, 0.1) is 0 Å². The van der Waals surface area contributed by atoms with Gasteiger partial charge in [-0.2, -0.15) is 11.3 Å². The lowest BCUT2D eigenvalue weighted by molar-refractivity contribution is -0.133. The quantitative estimate of drug-likeness (QED) is 0.653. The second kappa shape index (κ2) is 9.59. The van der Waals surface area contributed by atoms with Crippen molar-refractivity contribution < 1.29 is 9.59 Å². The number of halogens is 1. The van der Waals surface area contributed by atoms with Crippen LogP contribution in [0.25, 0.3) is 0 Å². The van der Waals surface area contributed by atoms with E-state index in [9.17, 15) is 9.59 Å². The van der Waals surface area contributed by atoms with Gasteiger partial charge < -0.3 is 15.5 Å². The van der Waals surface area contributed by atoms with Gasteiger partial charge in [-0.25, -0.2) is 0 Å². The minimum absolute atomic E-state index is 0. The van der Waals surface area contributed by atoms with Crippen LogP contribution in [-0.2, 0) is 16.1 Å². The second-order valence-corrected chi connectivity index (χ2v) is 9.88. The molecule has 1 saturated carbocycles. The van der Waals surface area contributed by atoms with Crippen molar-refractivity contribution in [3.63, 3.8) is 0 Å². The number of nitrogens with one attached hydrogen (secondary N) is 2. The highest BCUT2D eigenvalue weighted by molar-refractivity contribution is 7.07. The lowest BCUT2D eigenvalue weighted by atomic mass is 9.93. The molecule has 2 heterocycles. The summed E-state index contributed by atoms with van der Waals surface area (Å²) in [6.07, 6.45) is 4.69. The van der Waals surface area contributed by atoms with Gasteiger partial charge in [-0.1, -0.05) is 20.8 Å². The summed E-state index contributed by atoms with van der Waals surface area (Å²) in [7, 11) is 0. The predicted molar refractivity (Wildman–Crippen MR) is 117 cm³/mol. The minimum Gasteiger partial charge on any atom is -0.356 e. The van der Waals surface area contributed by atoms with E-state index in [0.29, 0.717) is 30.8 Å². The van der Waals surface area contributed by atoms with Crippen LogP contribution in [-0.4, -0.2) is 42.4 Å². The van der Waals surface area contributed by atoms with Crippen molar-refractivity contribution in [1.82, 2.24) is 15.5 Å². The number of nitrogens with zero attached hydrogens (tertiary/aromatic N) is 1. The van der Waals surface area contributed by atoms with E-state index in [1.807, 2.05) is 20.8 Å². The summed E-state index contributed by atoms with van der Waals surface area (Å²) in [6.45, 7) is 9.13. The molecule has 0 aromatic carbocycles. The Morgan fingerprint density at radius 2 is 2.04 bits per heavy atom. The Balaban J connectivity index is 0.00000280. The van der Waals surface area contributed by atoms with Gasteiger partial charge in [0.25, 0.3) is 0 Å². The maximum atomic E-state index is 13.0. The fourth-order valence-corrected chi connectivity index (χ4v) is 4.69. The Hall–Kier alpha value is -1.11. The Bertz CT molecular complexity index is 651. The molecule has 3 rings (SSSR count). The van der Waals surface area contributed by atoms with Crippen LogP contribution in [0.4, 0.5) is 0 Å². The van der Waals surface area contributed by atoms with Crippen LogP contribution in [0.15, 0.2) is 16.8 Å². The van der Waals surface area contributed by atoms with Gasteiger partial charge in [0.2, 0.25) is 11.8 Å². The third-order valence-corrected chi connectivity index (χ3v) is 6.64. The summed E-state index contributed by atoms with van der Waals surface area (Å²) in [5.74, 6) is 0.271. The van der Waals surface area contributed by atoms with Crippen molar-refractivity contribution in [3.05, 3.63) is 22.4 Å². The highest BCUT2D eigenvalue weighted by atomic mass is 35.5. The van der Waals surface area contributed by atoms with E-state index in [4.69, 9.17) is 0 Å². The van der Waals surface area contributed by atoms with Gasteiger partial charge in [0, 0.05) is 31.0 Å². The Morgan fingerprint density at radius 1 is 1.32 bits per heavy atom. The molecule has 158 valence electrons. The van der Waals surface area contributed by atoms with Gasteiger partial charge >= 0.3 is 0 Å². The highest BCUT2D eigenvalue weighted by Gasteiger charge is 2.57. The molecule has 1 unspecified atom stereocenters. The van der Waals surface area contributed by atoms with Crippen molar-refractivity contribution in [2.24, 2.45) is 10.8 Å². The van der Waals surface area contributed by atoms with E-state index in [1.165, 1.54) is 18.4 Å². The molecule has 0 bridgehead atoms. The molecule has 0 radical (unpaired) electrons. The maximum Gasteiger partial charge on any atom is 0.225 e. The third kappa shape index (κ3) is 5.71. The van der Waals surface area contributed by atoms with Crippen molar-refractivity contribution in [2.75, 3.05) is 19.6 Å². The van der Waals surface area contributed by atoms with Crippen LogP contribution < -0.4 is 10.6 Å². The molecule has 1 saturated heterocycles. The number of thiophene rings is 1. The molecule has 2 N–H and O–H groups in total. The van der Waals surface area contributed by atoms with Gasteiger partial charge in [0.1, 0.15) is 0 Å². The molecule has 2 amide bonds. The summed E-state index contributed by atoms with van der Waals surface area (Å²) in [5.41, 5.74) is 1.19. The molecule has 1 spiro atoms. The molecule has 28 heavy (non-hydrogen) atoms. The summed E-state index contributed by atoms with van der Waals surface area (Å²) >= 11 is 1.68. The first-order chi connectivity index (χ1) is 12.8. The number of piperidine rings is 1. The SMILES string of the molecule is CC(C)(C)C(=O)NCCCC(=O)N(Cc1ccsc1)C1CC12CCNCC2.Cl. The average Bonchev–Trinajstić information content (AvgIpc) is 3.05. The molecule has 2 aliphatic rings. The highest BCUT2D eigenvalue weighted by Crippen LogP contribution is 2.56. The van der Waals surface area contributed by atoms with E-state index < -0.39 is 0 Å². The molecule has 2 fully saturated rings. The fourth-order valence-electron chi connectivity index (χ4n) is 4.03.